The first-order valence-corrected chi connectivity index (χ1v) is 7.73. The molecule has 1 fully saturated rings. The fourth-order valence-corrected chi connectivity index (χ4v) is 2.77. The second-order valence-electron chi connectivity index (χ2n) is 5.64. The Bertz CT molecular complexity index is 737. The minimum atomic E-state index is -0.954. The van der Waals surface area contributed by atoms with Gasteiger partial charge in [-0.1, -0.05) is 6.92 Å². The van der Waals surface area contributed by atoms with Crippen LogP contribution >= 0.6 is 0 Å². The third-order valence-corrected chi connectivity index (χ3v) is 3.92. The summed E-state index contributed by atoms with van der Waals surface area (Å²) < 4.78 is 26.6. The Morgan fingerprint density at radius 3 is 2.65 bits per heavy atom. The third kappa shape index (κ3) is 3.23. The molecule has 0 spiro atoms. The van der Waals surface area contributed by atoms with E-state index in [1.165, 1.54) is 6.20 Å². The number of carbonyl (C=O) groups is 1. The molecule has 1 aromatic carbocycles. The van der Waals surface area contributed by atoms with Gasteiger partial charge < -0.3 is 9.80 Å². The van der Waals surface area contributed by atoms with Crippen LogP contribution < -0.4 is 4.90 Å². The van der Waals surface area contributed by atoms with Crippen molar-refractivity contribution >= 4 is 22.8 Å². The summed E-state index contributed by atoms with van der Waals surface area (Å²) >= 11 is 0. The molecule has 122 valence electrons. The number of aromatic nitrogens is 2. The first-order valence-electron chi connectivity index (χ1n) is 7.73. The average Bonchev–Trinajstić information content (AvgIpc) is 2.71. The third-order valence-electron chi connectivity index (χ3n) is 3.92. The van der Waals surface area contributed by atoms with Crippen LogP contribution in [0.2, 0.25) is 0 Å². The number of halogens is 2. The van der Waals surface area contributed by atoms with E-state index in [1.807, 2.05) is 16.7 Å². The van der Waals surface area contributed by atoms with Crippen molar-refractivity contribution in [3.8, 4) is 0 Å². The van der Waals surface area contributed by atoms with Gasteiger partial charge in [-0.3, -0.25) is 9.78 Å². The SMILES string of the molecule is CCCN1CCCN(c2cnc3cc(F)c(F)cc3n2)CC1=O. The normalized spacial score (nSPS) is 16.0. The lowest BCUT2D eigenvalue weighted by Gasteiger charge is -2.22. The molecule has 0 saturated carbocycles. The second-order valence-corrected chi connectivity index (χ2v) is 5.64. The van der Waals surface area contributed by atoms with Crippen LogP contribution in [-0.4, -0.2) is 47.0 Å². The average molecular weight is 320 g/mol. The number of nitrogens with zero attached hydrogens (tertiary/aromatic N) is 4. The van der Waals surface area contributed by atoms with E-state index in [4.69, 9.17) is 0 Å². The number of hydrogen-bond donors (Lipinski definition) is 0. The minimum absolute atomic E-state index is 0.0523. The van der Waals surface area contributed by atoms with Crippen molar-refractivity contribution in [1.29, 1.82) is 0 Å². The van der Waals surface area contributed by atoms with Gasteiger partial charge in [0.25, 0.3) is 0 Å². The lowest BCUT2D eigenvalue weighted by molar-refractivity contribution is -0.129. The van der Waals surface area contributed by atoms with Crippen molar-refractivity contribution in [2.75, 3.05) is 31.1 Å². The summed E-state index contributed by atoms with van der Waals surface area (Å²) in [6.07, 6.45) is 3.26. The van der Waals surface area contributed by atoms with Gasteiger partial charge in [-0.05, 0) is 12.8 Å². The van der Waals surface area contributed by atoms with Gasteiger partial charge in [0.1, 0.15) is 5.82 Å². The molecule has 0 aliphatic carbocycles. The molecule has 7 heteroatoms. The lowest BCUT2D eigenvalue weighted by Crippen LogP contribution is -2.37. The largest absolute Gasteiger partial charge is 0.346 e. The van der Waals surface area contributed by atoms with E-state index < -0.39 is 11.6 Å². The maximum atomic E-state index is 13.4. The maximum absolute atomic E-state index is 13.4. The van der Waals surface area contributed by atoms with Crippen LogP contribution in [0.4, 0.5) is 14.6 Å². The first-order chi connectivity index (χ1) is 11.1. The molecule has 0 atom stereocenters. The molecule has 1 aromatic heterocycles. The van der Waals surface area contributed by atoms with Crippen LogP contribution in [0.1, 0.15) is 19.8 Å². The first kappa shape index (κ1) is 15.6. The molecule has 2 aromatic rings. The zero-order valence-electron chi connectivity index (χ0n) is 12.9. The Morgan fingerprint density at radius 2 is 1.91 bits per heavy atom. The number of hydrogen-bond acceptors (Lipinski definition) is 4. The molecule has 0 radical (unpaired) electrons. The van der Waals surface area contributed by atoms with Gasteiger partial charge in [0.15, 0.2) is 11.6 Å². The van der Waals surface area contributed by atoms with Crippen molar-refractivity contribution in [1.82, 2.24) is 14.9 Å². The van der Waals surface area contributed by atoms with Crippen LogP contribution in [0.3, 0.4) is 0 Å². The molecule has 1 aliphatic rings. The van der Waals surface area contributed by atoms with Gasteiger partial charge >= 0.3 is 0 Å². The van der Waals surface area contributed by atoms with Gasteiger partial charge in [-0.25, -0.2) is 13.8 Å². The molecule has 3 rings (SSSR count). The Hall–Kier alpha value is -2.31. The highest BCUT2D eigenvalue weighted by Crippen LogP contribution is 2.20. The van der Waals surface area contributed by atoms with Gasteiger partial charge in [-0.15, -0.1) is 0 Å². The summed E-state index contributed by atoms with van der Waals surface area (Å²) in [5.41, 5.74) is 0.574. The van der Waals surface area contributed by atoms with Crippen molar-refractivity contribution in [3.63, 3.8) is 0 Å². The molecule has 2 heterocycles. The van der Waals surface area contributed by atoms with E-state index in [0.29, 0.717) is 17.9 Å². The molecule has 0 unspecified atom stereocenters. The van der Waals surface area contributed by atoms with E-state index in [2.05, 4.69) is 9.97 Å². The van der Waals surface area contributed by atoms with E-state index in [-0.39, 0.29) is 18.0 Å². The summed E-state index contributed by atoms with van der Waals surface area (Å²) in [6, 6.07) is 2.06. The second kappa shape index (κ2) is 6.44. The maximum Gasteiger partial charge on any atom is 0.242 e. The molecular formula is C16H18F2N4O. The summed E-state index contributed by atoms with van der Waals surface area (Å²) in [6.45, 7) is 4.42. The molecule has 23 heavy (non-hydrogen) atoms. The minimum Gasteiger partial charge on any atom is -0.346 e. The van der Waals surface area contributed by atoms with Crippen LogP contribution in [0, 0.1) is 11.6 Å². The predicted molar refractivity (Wildman–Crippen MR) is 83.2 cm³/mol. The smallest absolute Gasteiger partial charge is 0.242 e. The van der Waals surface area contributed by atoms with E-state index >= 15 is 0 Å². The number of anilines is 1. The van der Waals surface area contributed by atoms with Crippen molar-refractivity contribution < 1.29 is 13.6 Å². The van der Waals surface area contributed by atoms with Gasteiger partial charge in [-0.2, -0.15) is 0 Å². The highest BCUT2D eigenvalue weighted by Gasteiger charge is 2.22. The predicted octanol–water partition coefficient (Wildman–Crippen LogP) is 2.36. The van der Waals surface area contributed by atoms with Crippen LogP contribution in [-0.2, 0) is 4.79 Å². The van der Waals surface area contributed by atoms with Crippen molar-refractivity contribution in [2.24, 2.45) is 0 Å². The van der Waals surface area contributed by atoms with Crippen molar-refractivity contribution in [3.05, 3.63) is 30.0 Å². The summed E-state index contributed by atoms with van der Waals surface area (Å²) in [7, 11) is 0. The highest BCUT2D eigenvalue weighted by molar-refractivity contribution is 5.82. The van der Waals surface area contributed by atoms with E-state index in [0.717, 1.165) is 38.1 Å². The number of benzene rings is 1. The Labute approximate surface area is 132 Å². The Kier molecular flexibility index (Phi) is 4.36. The molecule has 1 saturated heterocycles. The van der Waals surface area contributed by atoms with Gasteiger partial charge in [0, 0.05) is 31.8 Å². The lowest BCUT2D eigenvalue weighted by atomic mass is 10.3. The standard InChI is InChI=1S/C16H18F2N4O/c1-2-4-21-5-3-6-22(10-16(21)23)15-9-19-13-7-11(17)12(18)8-14(13)20-15/h7-9H,2-6,10H2,1H3. The molecule has 0 N–H and O–H groups in total. The van der Waals surface area contributed by atoms with Crippen LogP contribution in [0.5, 0.6) is 0 Å². The summed E-state index contributed by atoms with van der Waals surface area (Å²) in [4.78, 5) is 24.4. The highest BCUT2D eigenvalue weighted by atomic mass is 19.2. The number of amides is 1. The number of fused-ring (bicyclic) bond motifs is 1. The molecule has 1 aliphatic heterocycles. The van der Waals surface area contributed by atoms with E-state index in [1.54, 1.807) is 0 Å². The fraction of sp³-hybridized carbons (Fsp3) is 0.438. The summed E-state index contributed by atoms with van der Waals surface area (Å²) in [5.74, 6) is -1.34. The topological polar surface area (TPSA) is 49.3 Å². The quantitative estimate of drug-likeness (QED) is 0.871. The van der Waals surface area contributed by atoms with Crippen molar-refractivity contribution in [2.45, 2.75) is 19.8 Å². The molecule has 1 amide bonds. The van der Waals surface area contributed by atoms with Gasteiger partial charge in [0.05, 0.1) is 23.8 Å². The van der Waals surface area contributed by atoms with Crippen LogP contribution in [0.25, 0.3) is 11.0 Å². The molecule has 5 nitrogen and oxygen atoms in total. The zero-order valence-corrected chi connectivity index (χ0v) is 12.9. The molecular weight excluding hydrogens is 302 g/mol. The monoisotopic (exact) mass is 320 g/mol. The Balaban J connectivity index is 1.87. The number of carbonyl (C=O) groups excluding carboxylic acids is 1. The summed E-state index contributed by atoms with van der Waals surface area (Å²) in [5, 5.41) is 0. The fourth-order valence-electron chi connectivity index (χ4n) is 2.77. The Morgan fingerprint density at radius 1 is 1.17 bits per heavy atom. The van der Waals surface area contributed by atoms with Crippen LogP contribution in [0.15, 0.2) is 18.3 Å². The number of rotatable bonds is 3. The van der Waals surface area contributed by atoms with E-state index in [9.17, 15) is 13.6 Å². The molecule has 0 bridgehead atoms. The zero-order chi connectivity index (χ0) is 16.4. The van der Waals surface area contributed by atoms with Gasteiger partial charge in [0.2, 0.25) is 5.91 Å².